The van der Waals surface area contributed by atoms with E-state index in [2.05, 4.69) is 12.1 Å². The second-order valence-electron chi connectivity index (χ2n) is 7.24. The first-order valence-corrected chi connectivity index (χ1v) is 9.68. The van der Waals surface area contributed by atoms with Crippen molar-refractivity contribution in [2.45, 2.75) is 12.3 Å². The Labute approximate surface area is 176 Å². The molecule has 0 aromatic heterocycles. The topological polar surface area (TPSA) is 87.9 Å². The van der Waals surface area contributed by atoms with Crippen molar-refractivity contribution in [1.29, 1.82) is 0 Å². The molecule has 2 N–H and O–H groups in total. The fourth-order valence-corrected chi connectivity index (χ4v) is 3.77. The third kappa shape index (κ3) is 4.16. The van der Waals surface area contributed by atoms with Gasteiger partial charge in [0.1, 0.15) is 6.20 Å². The molecule has 7 nitrogen and oxygen atoms in total. The van der Waals surface area contributed by atoms with Crippen LogP contribution in [0, 0.1) is 0 Å². The zero-order valence-electron chi connectivity index (χ0n) is 17.5. The van der Waals surface area contributed by atoms with Crippen LogP contribution >= 0.6 is 0 Å². The van der Waals surface area contributed by atoms with Crippen LogP contribution in [-0.4, -0.2) is 50.7 Å². The molecular weight excluding hydrogens is 384 g/mol. The third-order valence-corrected chi connectivity index (χ3v) is 5.52. The lowest BCUT2D eigenvalue weighted by molar-refractivity contribution is -0.790. The number of nitrogens with zero attached hydrogens (tertiary/aromatic N) is 1. The number of amides is 2. The number of rotatable bonds is 7. The summed E-state index contributed by atoms with van der Waals surface area (Å²) in [5.41, 5.74) is 7.27. The number of urea groups is 1. The van der Waals surface area contributed by atoms with E-state index in [1.54, 1.807) is 18.3 Å². The van der Waals surface area contributed by atoms with E-state index in [0.717, 1.165) is 0 Å². The molecule has 1 aliphatic heterocycles. The molecule has 7 heteroatoms. The van der Waals surface area contributed by atoms with Crippen molar-refractivity contribution in [1.82, 2.24) is 0 Å². The van der Waals surface area contributed by atoms with Crippen molar-refractivity contribution < 1.29 is 28.3 Å². The first-order chi connectivity index (χ1) is 14.4. The van der Waals surface area contributed by atoms with Gasteiger partial charge >= 0.3 is 6.03 Å². The quantitative estimate of drug-likeness (QED) is 0.557. The molecule has 2 unspecified atom stereocenters. The predicted octanol–water partition coefficient (Wildman–Crippen LogP) is 3.49. The number of primary amides is 1. The molecule has 0 aliphatic carbocycles. The van der Waals surface area contributed by atoms with E-state index in [1.807, 2.05) is 24.3 Å². The van der Waals surface area contributed by atoms with Crippen LogP contribution in [0.25, 0.3) is 0 Å². The fraction of sp³-hybridized carbons (Fsp3) is 0.304. The van der Waals surface area contributed by atoms with E-state index in [-0.39, 0.29) is 22.7 Å². The highest BCUT2D eigenvalue weighted by Gasteiger charge is 2.39. The molecule has 1 heterocycles. The van der Waals surface area contributed by atoms with Crippen LogP contribution in [-0.2, 0) is 0 Å². The SMILES string of the molecule is COc1cc(C(=O)C[N+]2(C(N)=O)C=CC(c3ccccc3)CC2)cc(OC)c1OC. The van der Waals surface area contributed by atoms with Gasteiger partial charge in [-0.2, -0.15) is 0 Å². The normalized spacial score (nSPS) is 20.4. The van der Waals surface area contributed by atoms with Gasteiger partial charge in [-0.3, -0.25) is 4.79 Å². The molecule has 2 aromatic carbocycles. The van der Waals surface area contributed by atoms with E-state index in [0.29, 0.717) is 35.8 Å². The van der Waals surface area contributed by atoms with Crippen LogP contribution in [0.1, 0.15) is 28.3 Å². The van der Waals surface area contributed by atoms with Crippen molar-refractivity contribution in [3.05, 3.63) is 65.9 Å². The summed E-state index contributed by atoms with van der Waals surface area (Å²) in [5, 5.41) is 0. The summed E-state index contributed by atoms with van der Waals surface area (Å²) >= 11 is 0. The summed E-state index contributed by atoms with van der Waals surface area (Å²) in [6.07, 6.45) is 4.43. The van der Waals surface area contributed by atoms with E-state index >= 15 is 0 Å². The first-order valence-electron chi connectivity index (χ1n) is 9.68. The lowest BCUT2D eigenvalue weighted by Gasteiger charge is -2.34. The minimum absolute atomic E-state index is 0.0774. The van der Waals surface area contributed by atoms with Crippen molar-refractivity contribution >= 4 is 11.8 Å². The number of benzene rings is 2. The average Bonchev–Trinajstić information content (AvgIpc) is 2.78. The third-order valence-electron chi connectivity index (χ3n) is 5.52. The summed E-state index contributed by atoms with van der Waals surface area (Å²) in [4.78, 5) is 25.5. The van der Waals surface area contributed by atoms with Crippen molar-refractivity contribution in [3.63, 3.8) is 0 Å². The van der Waals surface area contributed by atoms with Gasteiger partial charge in [0.05, 0.1) is 27.9 Å². The lowest BCUT2D eigenvalue weighted by Crippen LogP contribution is -2.56. The van der Waals surface area contributed by atoms with Gasteiger partial charge < -0.3 is 19.9 Å². The number of carbonyl (C=O) groups excluding carboxylic acids is 2. The Kier molecular flexibility index (Phi) is 6.42. The zero-order chi connectivity index (χ0) is 21.7. The summed E-state index contributed by atoms with van der Waals surface area (Å²) in [6, 6.07) is 12.7. The van der Waals surface area contributed by atoms with Crippen molar-refractivity contribution in [2.24, 2.45) is 5.73 Å². The highest BCUT2D eigenvalue weighted by molar-refractivity contribution is 5.99. The Balaban J connectivity index is 1.88. The van der Waals surface area contributed by atoms with Crippen LogP contribution in [0.4, 0.5) is 4.79 Å². The Morgan fingerprint density at radius 3 is 2.13 bits per heavy atom. The summed E-state index contributed by atoms with van der Waals surface area (Å²) in [7, 11) is 4.47. The zero-order valence-corrected chi connectivity index (χ0v) is 17.5. The number of nitrogens with two attached hydrogens (primary N) is 1. The standard InChI is InChI=1S/C23H26N2O5/c1-28-20-13-18(14-21(29-2)22(20)30-3)19(26)15-25(23(24)27)11-9-17(10-12-25)16-7-5-4-6-8-16/h4-9,11,13-14,17H,10,12,15H2,1-3H3,(H-,24,27)/p+1. The number of carbonyl (C=O) groups is 2. The van der Waals surface area contributed by atoms with Crippen LogP contribution in [0.3, 0.4) is 0 Å². The molecule has 0 spiro atoms. The summed E-state index contributed by atoms with van der Waals surface area (Å²) in [5.74, 6) is 1.11. The maximum Gasteiger partial charge on any atom is 0.418 e. The summed E-state index contributed by atoms with van der Waals surface area (Å²) in [6.45, 7) is 0.369. The van der Waals surface area contributed by atoms with Crippen LogP contribution < -0.4 is 19.9 Å². The van der Waals surface area contributed by atoms with Gasteiger partial charge in [-0.25, -0.2) is 9.28 Å². The van der Waals surface area contributed by atoms with E-state index < -0.39 is 6.03 Å². The predicted molar refractivity (Wildman–Crippen MR) is 113 cm³/mol. The smallest absolute Gasteiger partial charge is 0.418 e. The second kappa shape index (κ2) is 9.00. The number of hydrogen-bond acceptors (Lipinski definition) is 5. The van der Waals surface area contributed by atoms with Gasteiger partial charge in [0.25, 0.3) is 0 Å². The largest absolute Gasteiger partial charge is 0.493 e. The molecule has 0 saturated carbocycles. The maximum absolute atomic E-state index is 13.1. The number of ketones is 1. The highest BCUT2D eigenvalue weighted by Crippen LogP contribution is 2.38. The van der Waals surface area contributed by atoms with E-state index in [4.69, 9.17) is 19.9 Å². The molecule has 0 saturated heterocycles. The van der Waals surface area contributed by atoms with E-state index in [1.165, 1.54) is 26.9 Å². The number of quaternary nitrogens is 1. The highest BCUT2D eigenvalue weighted by atomic mass is 16.5. The molecule has 0 bridgehead atoms. The van der Waals surface area contributed by atoms with Gasteiger partial charge in [0.2, 0.25) is 11.5 Å². The lowest BCUT2D eigenvalue weighted by atomic mass is 9.92. The molecular formula is C23H27N2O5+. The number of Topliss-reactive ketones (excluding diaryl/α,β-unsaturated/α-hetero) is 1. The van der Waals surface area contributed by atoms with Crippen molar-refractivity contribution in [2.75, 3.05) is 34.4 Å². The van der Waals surface area contributed by atoms with Crippen LogP contribution in [0.5, 0.6) is 17.2 Å². The first kappa shape index (κ1) is 21.4. The Hall–Kier alpha value is -3.32. The Bertz CT molecular complexity index is 932. The van der Waals surface area contributed by atoms with Gasteiger partial charge in [0.15, 0.2) is 18.0 Å². The van der Waals surface area contributed by atoms with Gasteiger partial charge in [-0.15, -0.1) is 0 Å². The minimum Gasteiger partial charge on any atom is -0.493 e. The number of ether oxygens (including phenoxy) is 3. The molecule has 0 radical (unpaired) electrons. The summed E-state index contributed by atoms with van der Waals surface area (Å²) < 4.78 is 15.7. The van der Waals surface area contributed by atoms with Crippen LogP contribution in [0.2, 0.25) is 0 Å². The average molecular weight is 411 g/mol. The number of methoxy groups -OCH3 is 3. The second-order valence-corrected chi connectivity index (χ2v) is 7.24. The van der Waals surface area contributed by atoms with Gasteiger partial charge in [-0.05, 0) is 23.8 Å². The minimum atomic E-state index is -0.557. The Morgan fingerprint density at radius 2 is 1.67 bits per heavy atom. The molecule has 1 aliphatic rings. The number of hydrogen-bond donors (Lipinski definition) is 1. The van der Waals surface area contributed by atoms with Gasteiger partial charge in [0, 0.05) is 17.9 Å². The monoisotopic (exact) mass is 411 g/mol. The molecule has 158 valence electrons. The molecule has 0 fully saturated rings. The van der Waals surface area contributed by atoms with Crippen molar-refractivity contribution in [3.8, 4) is 17.2 Å². The number of allylic oxidation sites excluding steroid dienone is 1. The molecule has 30 heavy (non-hydrogen) atoms. The molecule has 2 amide bonds. The van der Waals surface area contributed by atoms with E-state index in [9.17, 15) is 9.59 Å². The molecule has 2 aromatic rings. The molecule has 3 rings (SSSR count). The van der Waals surface area contributed by atoms with Crippen LogP contribution in [0.15, 0.2) is 54.7 Å². The fourth-order valence-electron chi connectivity index (χ4n) is 3.77. The molecule has 2 atom stereocenters. The Morgan fingerprint density at radius 1 is 1.03 bits per heavy atom. The maximum atomic E-state index is 13.1. The van der Waals surface area contributed by atoms with Gasteiger partial charge in [-0.1, -0.05) is 30.3 Å².